The van der Waals surface area contributed by atoms with E-state index in [1.165, 1.54) is 11.1 Å². The highest BCUT2D eigenvalue weighted by Crippen LogP contribution is 2.32. The molecule has 0 amide bonds. The van der Waals surface area contributed by atoms with Crippen molar-refractivity contribution in [2.45, 2.75) is 37.8 Å². The normalized spacial score (nSPS) is 19.3. The predicted octanol–water partition coefficient (Wildman–Crippen LogP) is 0.556. The van der Waals surface area contributed by atoms with Crippen LogP contribution in [0.25, 0.3) is 11.7 Å². The Labute approximate surface area is 175 Å². The third-order valence-corrected chi connectivity index (χ3v) is 5.69. The molecule has 31 heavy (non-hydrogen) atoms. The number of aromatic amines is 2. The molecular weight excluding hydrogens is 396 g/mol. The zero-order chi connectivity index (χ0) is 20.9. The maximum absolute atomic E-state index is 11.5. The van der Waals surface area contributed by atoms with Crippen LogP contribution in [0.1, 0.15) is 42.1 Å². The van der Waals surface area contributed by atoms with Crippen molar-refractivity contribution in [3.05, 3.63) is 68.6 Å². The number of fused-ring (bicyclic) bond motifs is 2. The molecule has 2 aliphatic carbocycles. The molecule has 0 radical (unpaired) electrons. The van der Waals surface area contributed by atoms with Gasteiger partial charge in [0.1, 0.15) is 5.69 Å². The van der Waals surface area contributed by atoms with E-state index < -0.39 is 5.69 Å². The van der Waals surface area contributed by atoms with Gasteiger partial charge in [-0.15, -0.1) is 0 Å². The molecule has 1 saturated carbocycles. The van der Waals surface area contributed by atoms with Gasteiger partial charge in [0.15, 0.2) is 5.65 Å². The zero-order valence-electron chi connectivity index (χ0n) is 16.5. The predicted molar refractivity (Wildman–Crippen MR) is 112 cm³/mol. The number of rotatable bonds is 4. The van der Waals surface area contributed by atoms with Gasteiger partial charge >= 0.3 is 5.69 Å². The van der Waals surface area contributed by atoms with Crippen LogP contribution in [0.5, 0.6) is 5.88 Å². The minimum Gasteiger partial charge on any atom is -0.493 e. The van der Waals surface area contributed by atoms with Crippen LogP contribution in [0.4, 0.5) is 5.95 Å². The highest BCUT2D eigenvalue weighted by molar-refractivity contribution is 5.57. The zero-order valence-corrected chi connectivity index (χ0v) is 16.5. The van der Waals surface area contributed by atoms with E-state index in [4.69, 9.17) is 9.98 Å². The van der Waals surface area contributed by atoms with E-state index in [0.29, 0.717) is 22.4 Å². The first kappa shape index (κ1) is 17.9. The van der Waals surface area contributed by atoms with Crippen molar-refractivity contribution >= 4 is 17.7 Å². The summed E-state index contributed by atoms with van der Waals surface area (Å²) in [4.78, 5) is 30.4. The Balaban J connectivity index is 1.48. The number of nitrogens with zero attached hydrogens (tertiary/aromatic N) is 5. The van der Waals surface area contributed by atoms with Gasteiger partial charge < -0.3 is 15.4 Å². The average Bonchev–Trinajstić information content (AvgIpc) is 3.20. The maximum Gasteiger partial charge on any atom is 0.326 e. The Hall–Kier alpha value is -3.95. The smallest absolute Gasteiger partial charge is 0.326 e. The second-order valence-corrected chi connectivity index (χ2v) is 7.96. The summed E-state index contributed by atoms with van der Waals surface area (Å²) >= 11 is 0. The Morgan fingerprint density at radius 3 is 2.87 bits per heavy atom. The third-order valence-electron chi connectivity index (χ3n) is 5.69. The number of benzene rings is 1. The standard InChI is InChI=1S/C21H20N8O2/c30-18-16(25-21(31)27-18)9-12-10-22-29-17(12)26-19(28-20(29)23-13-6-7-13)24-15-8-5-11-3-1-2-4-14(11)15/h1-4,9-10,13,15,30H,5-8H2,(H,23,24,28)(H2,25,27,31)/t15-/m0/s1. The van der Waals surface area contributed by atoms with Gasteiger partial charge in [0.2, 0.25) is 11.8 Å². The number of hydrogen-bond donors (Lipinski definition) is 4. The molecule has 0 spiro atoms. The molecule has 3 heterocycles. The van der Waals surface area contributed by atoms with E-state index in [1.54, 1.807) is 16.8 Å². The average molecular weight is 416 g/mol. The van der Waals surface area contributed by atoms with Gasteiger partial charge in [-0.25, -0.2) is 9.79 Å². The number of H-pyrrole nitrogens is 2. The number of aromatic nitrogens is 6. The molecule has 0 unspecified atom stereocenters. The van der Waals surface area contributed by atoms with Crippen LogP contribution in [-0.4, -0.2) is 40.7 Å². The SMILES string of the molecule is O=c1[nH]c(O)c(C=c2cnn3c(=NC4CC4)nc(N[C@H]4CCc5ccccc54)nc23)[nH]1. The first-order valence-corrected chi connectivity index (χ1v) is 10.3. The lowest BCUT2D eigenvalue weighted by atomic mass is 10.1. The molecule has 2 aliphatic rings. The monoisotopic (exact) mass is 416 g/mol. The summed E-state index contributed by atoms with van der Waals surface area (Å²) in [6.07, 6.45) is 7.32. The van der Waals surface area contributed by atoms with Gasteiger partial charge in [0, 0.05) is 5.22 Å². The summed E-state index contributed by atoms with van der Waals surface area (Å²) in [5, 5.41) is 18.4. The molecule has 4 N–H and O–H groups in total. The lowest BCUT2D eigenvalue weighted by molar-refractivity contribution is 0.454. The van der Waals surface area contributed by atoms with Crippen molar-refractivity contribution in [2.24, 2.45) is 4.99 Å². The molecule has 4 aromatic rings. The van der Waals surface area contributed by atoms with E-state index in [1.807, 2.05) is 6.07 Å². The fourth-order valence-electron chi connectivity index (χ4n) is 4.01. The van der Waals surface area contributed by atoms with Gasteiger partial charge in [-0.3, -0.25) is 4.98 Å². The Morgan fingerprint density at radius 1 is 1.19 bits per heavy atom. The third kappa shape index (κ3) is 3.25. The Bertz CT molecular complexity index is 1480. The number of hydrogen-bond acceptors (Lipinski definition) is 7. The van der Waals surface area contributed by atoms with E-state index in [2.05, 4.69) is 43.6 Å². The summed E-state index contributed by atoms with van der Waals surface area (Å²) in [5.41, 5.74) is 3.42. The number of nitrogens with one attached hydrogen (secondary N) is 3. The second-order valence-electron chi connectivity index (χ2n) is 7.96. The fourth-order valence-corrected chi connectivity index (χ4v) is 4.01. The molecule has 1 fully saturated rings. The van der Waals surface area contributed by atoms with Crippen LogP contribution in [0.15, 0.2) is 40.2 Å². The van der Waals surface area contributed by atoms with Gasteiger partial charge in [0.05, 0.1) is 18.3 Å². The maximum atomic E-state index is 11.5. The van der Waals surface area contributed by atoms with E-state index in [9.17, 15) is 9.90 Å². The van der Waals surface area contributed by atoms with Crippen molar-refractivity contribution < 1.29 is 5.11 Å². The lowest BCUT2D eigenvalue weighted by Gasteiger charge is -2.14. The van der Waals surface area contributed by atoms with Crippen LogP contribution in [0, 0.1) is 0 Å². The summed E-state index contributed by atoms with van der Waals surface area (Å²) < 4.78 is 1.60. The minimum absolute atomic E-state index is 0.132. The largest absolute Gasteiger partial charge is 0.493 e. The molecule has 1 aromatic carbocycles. The molecular formula is C21H20N8O2. The summed E-state index contributed by atoms with van der Waals surface area (Å²) in [5.74, 6) is 0.248. The molecule has 3 aromatic heterocycles. The van der Waals surface area contributed by atoms with Crippen molar-refractivity contribution in [3.63, 3.8) is 0 Å². The van der Waals surface area contributed by atoms with Crippen molar-refractivity contribution in [2.75, 3.05) is 5.32 Å². The van der Waals surface area contributed by atoms with E-state index in [0.717, 1.165) is 25.7 Å². The highest BCUT2D eigenvalue weighted by atomic mass is 16.3. The number of anilines is 1. The van der Waals surface area contributed by atoms with E-state index in [-0.39, 0.29) is 23.7 Å². The molecule has 1 atom stereocenters. The summed E-state index contributed by atoms with van der Waals surface area (Å²) in [6.45, 7) is 0. The van der Waals surface area contributed by atoms with Crippen LogP contribution in [0.2, 0.25) is 0 Å². The molecule has 0 aliphatic heterocycles. The molecule has 10 nitrogen and oxygen atoms in total. The Morgan fingerprint density at radius 2 is 2.06 bits per heavy atom. The van der Waals surface area contributed by atoms with E-state index >= 15 is 0 Å². The van der Waals surface area contributed by atoms with Gasteiger partial charge in [0.25, 0.3) is 5.62 Å². The number of aromatic hydroxyl groups is 1. The first-order chi connectivity index (χ1) is 15.1. The van der Waals surface area contributed by atoms with Crippen LogP contribution >= 0.6 is 0 Å². The molecule has 6 rings (SSSR count). The van der Waals surface area contributed by atoms with Crippen molar-refractivity contribution in [3.8, 4) is 5.88 Å². The molecule has 10 heteroatoms. The molecule has 0 saturated heterocycles. The topological polar surface area (TPSA) is 136 Å². The Kier molecular flexibility index (Phi) is 3.92. The highest BCUT2D eigenvalue weighted by Gasteiger charge is 2.24. The van der Waals surface area contributed by atoms with Gasteiger partial charge in [-0.05, 0) is 42.9 Å². The lowest BCUT2D eigenvalue weighted by Crippen LogP contribution is -2.25. The summed E-state index contributed by atoms with van der Waals surface area (Å²) in [7, 11) is 0. The second kappa shape index (κ2) is 6.79. The van der Waals surface area contributed by atoms with Crippen LogP contribution < -0.4 is 21.8 Å². The first-order valence-electron chi connectivity index (χ1n) is 10.3. The quantitative estimate of drug-likeness (QED) is 0.384. The van der Waals surface area contributed by atoms with Crippen LogP contribution in [0.3, 0.4) is 0 Å². The van der Waals surface area contributed by atoms with Crippen molar-refractivity contribution in [1.29, 1.82) is 0 Å². The minimum atomic E-state index is -0.485. The number of imidazole rings is 1. The molecule has 0 bridgehead atoms. The summed E-state index contributed by atoms with van der Waals surface area (Å²) in [6, 6.07) is 8.80. The van der Waals surface area contributed by atoms with Gasteiger partial charge in [-0.2, -0.15) is 19.6 Å². The van der Waals surface area contributed by atoms with Gasteiger partial charge in [-0.1, -0.05) is 24.3 Å². The van der Waals surface area contributed by atoms with Crippen molar-refractivity contribution in [1.82, 2.24) is 29.5 Å². The fraction of sp³-hybridized carbons (Fsp3) is 0.286. The van der Waals surface area contributed by atoms with Crippen LogP contribution in [-0.2, 0) is 6.42 Å². The number of aryl methyl sites for hydroxylation is 1. The molecule has 156 valence electrons.